The number of anilines is 1. The Bertz CT molecular complexity index is 1720. The average molecular weight is 682 g/mol. The summed E-state index contributed by atoms with van der Waals surface area (Å²) in [5, 5.41) is 3.16. The van der Waals surface area contributed by atoms with E-state index in [1.807, 2.05) is 0 Å². The van der Waals surface area contributed by atoms with E-state index < -0.39 is 17.3 Å². The molecule has 0 fully saturated rings. The van der Waals surface area contributed by atoms with Crippen molar-refractivity contribution in [2.24, 2.45) is 0 Å². The Labute approximate surface area is 276 Å². The highest BCUT2D eigenvalue weighted by Gasteiger charge is 2.22. The monoisotopic (exact) mass is 681 g/mol. The fourth-order valence-electron chi connectivity index (χ4n) is 4.84. The Morgan fingerprint density at radius 1 is 0.935 bits per heavy atom. The van der Waals surface area contributed by atoms with Crippen LogP contribution >= 0.6 is 22.9 Å². The van der Waals surface area contributed by atoms with Crippen molar-refractivity contribution in [3.8, 4) is 11.3 Å². The number of hydrogen-bond acceptors (Lipinski definition) is 7. The summed E-state index contributed by atoms with van der Waals surface area (Å²) in [7, 11) is 0. The first-order valence-corrected chi connectivity index (χ1v) is 16.4. The van der Waals surface area contributed by atoms with Gasteiger partial charge in [-0.1, -0.05) is 71.5 Å². The van der Waals surface area contributed by atoms with E-state index in [4.69, 9.17) is 11.6 Å². The molecule has 5 rings (SSSR count). The van der Waals surface area contributed by atoms with Gasteiger partial charge in [0.15, 0.2) is 5.13 Å². The predicted molar refractivity (Wildman–Crippen MR) is 174 cm³/mol. The zero-order valence-corrected chi connectivity index (χ0v) is 26.6. The molecule has 2 aromatic heterocycles. The fraction of sp³-hybridized carbons (Fsp3) is 0.188. The molecule has 0 saturated carbocycles. The van der Waals surface area contributed by atoms with Crippen LogP contribution in [0.5, 0.6) is 0 Å². The number of urea groups is 1. The second-order valence-corrected chi connectivity index (χ2v) is 12.5. The third-order valence-electron chi connectivity index (χ3n) is 7.17. The number of nitrogens with one attached hydrogen (secondary N) is 2. The van der Waals surface area contributed by atoms with Gasteiger partial charge in [0, 0.05) is 61.2 Å². The van der Waals surface area contributed by atoms with Crippen molar-refractivity contribution in [1.29, 1.82) is 0 Å². The van der Waals surface area contributed by atoms with E-state index in [0.717, 1.165) is 28.0 Å². The van der Waals surface area contributed by atoms with Crippen LogP contribution < -0.4 is 10.0 Å². The van der Waals surface area contributed by atoms with Crippen LogP contribution in [0.25, 0.3) is 11.3 Å². The van der Waals surface area contributed by atoms with Gasteiger partial charge >= 0.3 is 6.03 Å². The van der Waals surface area contributed by atoms with Gasteiger partial charge < -0.3 is 9.45 Å². The Balaban J connectivity index is 1.34. The van der Waals surface area contributed by atoms with Gasteiger partial charge in [-0.2, -0.15) is 0 Å². The largest absolute Gasteiger partial charge is 0.760 e. The molecule has 0 spiro atoms. The average Bonchev–Trinajstić information content (AvgIpc) is 3.43. The minimum Gasteiger partial charge on any atom is -0.760 e. The second-order valence-electron chi connectivity index (χ2n) is 10.2. The van der Waals surface area contributed by atoms with Gasteiger partial charge in [-0.05, 0) is 53.4 Å². The summed E-state index contributed by atoms with van der Waals surface area (Å²) in [6, 6.07) is 20.7. The first kappa shape index (κ1) is 33.2. The number of carbonyl (C=O) groups is 1. The number of aromatic nitrogens is 3. The summed E-state index contributed by atoms with van der Waals surface area (Å²) >= 11 is 5.26. The minimum atomic E-state index is -2.37. The molecule has 0 aliphatic rings. The van der Waals surface area contributed by atoms with Crippen LogP contribution in [0.15, 0.2) is 91.3 Å². The second kappa shape index (κ2) is 15.9. The maximum Gasteiger partial charge on any atom is 0.323 e. The maximum absolute atomic E-state index is 13.7. The van der Waals surface area contributed by atoms with Crippen LogP contribution in [0.1, 0.15) is 34.9 Å². The molecule has 0 aliphatic carbocycles. The Kier molecular flexibility index (Phi) is 11.5. The molecule has 238 valence electrons. The van der Waals surface area contributed by atoms with Crippen molar-refractivity contribution in [3.63, 3.8) is 0 Å². The molecule has 1 atom stereocenters. The van der Waals surface area contributed by atoms with E-state index in [9.17, 15) is 22.3 Å². The van der Waals surface area contributed by atoms with Gasteiger partial charge in [0.1, 0.15) is 27.5 Å². The molecule has 14 heteroatoms. The van der Waals surface area contributed by atoms with Gasteiger partial charge in [-0.25, -0.2) is 33.2 Å². The van der Waals surface area contributed by atoms with Crippen LogP contribution in [-0.4, -0.2) is 47.7 Å². The van der Waals surface area contributed by atoms with Crippen molar-refractivity contribution in [3.05, 3.63) is 130 Å². The number of amides is 2. The number of benzene rings is 3. The quantitative estimate of drug-likeness (QED) is 0.133. The van der Waals surface area contributed by atoms with E-state index in [0.29, 0.717) is 52.5 Å². The molecular weight excluding hydrogens is 654 g/mol. The molecule has 5 aromatic rings. The lowest BCUT2D eigenvalue weighted by atomic mass is 9.88. The lowest BCUT2D eigenvalue weighted by Crippen LogP contribution is -2.38. The Hall–Kier alpha value is -4.14. The highest BCUT2D eigenvalue weighted by molar-refractivity contribution is 7.77. The number of carbonyl (C=O) groups excluding carboxylic acids is 1. The Morgan fingerprint density at radius 3 is 2.13 bits per heavy atom. The van der Waals surface area contributed by atoms with E-state index in [1.165, 1.54) is 24.3 Å². The first-order chi connectivity index (χ1) is 22.2. The Morgan fingerprint density at radius 2 is 1.54 bits per heavy atom. The number of thiazole rings is 1. The summed E-state index contributed by atoms with van der Waals surface area (Å²) in [5.74, 6) is -0.389. The first-order valence-electron chi connectivity index (χ1n) is 14.2. The molecule has 9 nitrogen and oxygen atoms in total. The maximum atomic E-state index is 13.7. The van der Waals surface area contributed by atoms with Crippen LogP contribution in [0.3, 0.4) is 0 Å². The molecule has 2 N–H and O–H groups in total. The minimum absolute atomic E-state index is 0.148. The van der Waals surface area contributed by atoms with Gasteiger partial charge in [0.2, 0.25) is 0 Å². The lowest BCUT2D eigenvalue weighted by molar-refractivity contribution is 0.210. The van der Waals surface area contributed by atoms with Gasteiger partial charge in [0.05, 0.1) is 0 Å². The molecule has 0 bridgehead atoms. The van der Waals surface area contributed by atoms with Crippen molar-refractivity contribution in [2.75, 3.05) is 18.4 Å². The normalized spacial score (nSPS) is 11.8. The standard InChI is InChI=1S/C32H29ClF2N6O3S2/c33-30-29(24-4-2-21(3-5-24)20-38-46(43)44)39-31(45-30)40-32(42)41(19-15-28-36-16-1-17-37-28)18-14-27(22-6-10-25(34)11-7-22)23-8-12-26(35)13-9-23/h1-13,16-17,27,38H,14-15,18-20H2,(H,43,44)(H,39,40,42)/p-1. The van der Waals surface area contributed by atoms with Gasteiger partial charge in [-0.3, -0.25) is 9.53 Å². The number of rotatable bonds is 13. The van der Waals surface area contributed by atoms with E-state index >= 15 is 0 Å². The summed E-state index contributed by atoms with van der Waals surface area (Å²) < 4.78 is 51.7. The van der Waals surface area contributed by atoms with E-state index in [2.05, 4.69) is 25.0 Å². The number of hydrogen-bond donors (Lipinski definition) is 2. The summed E-state index contributed by atoms with van der Waals surface area (Å²) in [4.78, 5) is 28.4. The summed E-state index contributed by atoms with van der Waals surface area (Å²) in [6.07, 6.45) is 4.14. The van der Waals surface area contributed by atoms with Crippen molar-refractivity contribution >= 4 is 45.4 Å². The summed E-state index contributed by atoms with van der Waals surface area (Å²) in [5.41, 5.74) is 3.60. The van der Waals surface area contributed by atoms with Crippen molar-refractivity contribution < 1.29 is 22.3 Å². The molecule has 0 saturated heterocycles. The third-order valence-corrected chi connectivity index (χ3v) is 8.72. The fourth-order valence-corrected chi connectivity index (χ4v) is 6.20. The van der Waals surface area contributed by atoms with Crippen LogP contribution in [-0.2, 0) is 24.2 Å². The molecular formula is C32H28ClF2N6O3S2-. The number of halogens is 3. The molecule has 2 amide bonds. The van der Waals surface area contributed by atoms with Gasteiger partial charge in [0.25, 0.3) is 0 Å². The van der Waals surface area contributed by atoms with Gasteiger partial charge in [-0.15, -0.1) is 0 Å². The molecule has 1 unspecified atom stereocenters. The zero-order valence-electron chi connectivity index (χ0n) is 24.2. The SMILES string of the molecule is O=C(Nc1nc(-c2ccc(CNS(=O)[O-])cc2)c(Cl)s1)N(CCc1ncccn1)CCC(c1ccc(F)cc1)c1ccc(F)cc1. The van der Waals surface area contributed by atoms with Crippen LogP contribution in [0.4, 0.5) is 18.7 Å². The third kappa shape index (κ3) is 9.21. The zero-order chi connectivity index (χ0) is 32.5. The van der Waals surface area contributed by atoms with E-state index in [1.54, 1.807) is 71.9 Å². The van der Waals surface area contributed by atoms with Crippen LogP contribution in [0, 0.1) is 11.6 Å². The predicted octanol–water partition coefficient (Wildman–Crippen LogP) is 6.71. The summed E-state index contributed by atoms with van der Waals surface area (Å²) in [6.45, 7) is 0.744. The molecule has 3 aromatic carbocycles. The molecule has 2 heterocycles. The molecule has 0 aliphatic heterocycles. The van der Waals surface area contributed by atoms with E-state index in [-0.39, 0.29) is 24.1 Å². The molecule has 46 heavy (non-hydrogen) atoms. The topological polar surface area (TPSA) is 123 Å². The van der Waals surface area contributed by atoms with Crippen molar-refractivity contribution in [2.45, 2.75) is 25.3 Å². The lowest BCUT2D eigenvalue weighted by Gasteiger charge is -2.26. The molecule has 0 radical (unpaired) electrons. The smallest absolute Gasteiger partial charge is 0.323 e. The van der Waals surface area contributed by atoms with Crippen molar-refractivity contribution in [1.82, 2.24) is 24.6 Å². The number of nitrogens with zero attached hydrogens (tertiary/aromatic N) is 4. The van der Waals surface area contributed by atoms with Crippen LogP contribution in [0.2, 0.25) is 4.34 Å². The highest BCUT2D eigenvalue weighted by atomic mass is 35.5. The highest BCUT2D eigenvalue weighted by Crippen LogP contribution is 2.35.